The Kier molecular flexibility index (Phi) is 5.53. The number of hydrogen-bond donors (Lipinski definition) is 0. The van der Waals surface area contributed by atoms with Crippen molar-refractivity contribution in [3.8, 4) is 5.75 Å². The standard InChI is InChI=1S/C25H24N2O3/c1-18(20-13-15-22(30-2)16-14-20)26-23(17-19-9-5-3-6-10-19)24(28)27(25(26)29)21-11-7-4-8-12-21/h3-16,18,23H,17H2,1-2H3. The van der Waals surface area contributed by atoms with Crippen LogP contribution < -0.4 is 9.64 Å². The van der Waals surface area contributed by atoms with Gasteiger partial charge in [0.2, 0.25) is 0 Å². The number of imide groups is 1. The second-order valence-electron chi connectivity index (χ2n) is 7.35. The highest BCUT2D eigenvalue weighted by Gasteiger charge is 2.47. The topological polar surface area (TPSA) is 49.9 Å². The summed E-state index contributed by atoms with van der Waals surface area (Å²) in [6.07, 6.45) is 0.468. The van der Waals surface area contributed by atoms with Crippen molar-refractivity contribution in [1.29, 1.82) is 0 Å². The van der Waals surface area contributed by atoms with Gasteiger partial charge >= 0.3 is 6.03 Å². The number of ether oxygens (including phenoxy) is 1. The van der Waals surface area contributed by atoms with Crippen molar-refractivity contribution >= 4 is 17.6 Å². The van der Waals surface area contributed by atoms with Gasteiger partial charge in [-0.3, -0.25) is 4.79 Å². The molecule has 1 heterocycles. The Morgan fingerprint density at radius 1 is 0.867 bits per heavy atom. The molecular weight excluding hydrogens is 376 g/mol. The molecule has 1 aliphatic heterocycles. The van der Waals surface area contributed by atoms with Crippen LogP contribution in [0.4, 0.5) is 10.5 Å². The summed E-state index contributed by atoms with van der Waals surface area (Å²) in [5.41, 5.74) is 2.56. The Labute approximate surface area is 176 Å². The molecule has 1 saturated heterocycles. The van der Waals surface area contributed by atoms with E-state index in [4.69, 9.17) is 4.74 Å². The third-order valence-corrected chi connectivity index (χ3v) is 5.56. The number of benzene rings is 3. The molecule has 30 heavy (non-hydrogen) atoms. The minimum atomic E-state index is -0.572. The van der Waals surface area contributed by atoms with E-state index in [9.17, 15) is 9.59 Å². The molecular formula is C25H24N2O3. The molecule has 5 nitrogen and oxygen atoms in total. The number of para-hydroxylation sites is 1. The van der Waals surface area contributed by atoms with Crippen LogP contribution in [0.5, 0.6) is 5.75 Å². The molecule has 2 unspecified atom stereocenters. The average molecular weight is 400 g/mol. The molecule has 1 aliphatic rings. The molecule has 3 aromatic rings. The maximum Gasteiger partial charge on any atom is 0.332 e. The predicted molar refractivity (Wildman–Crippen MR) is 117 cm³/mol. The zero-order valence-electron chi connectivity index (χ0n) is 17.1. The van der Waals surface area contributed by atoms with E-state index >= 15 is 0 Å². The molecule has 4 rings (SSSR count). The van der Waals surface area contributed by atoms with Crippen LogP contribution in [-0.2, 0) is 11.2 Å². The van der Waals surface area contributed by atoms with E-state index in [1.807, 2.05) is 79.7 Å². The van der Waals surface area contributed by atoms with Gasteiger partial charge < -0.3 is 9.64 Å². The lowest BCUT2D eigenvalue weighted by atomic mass is 10.0. The van der Waals surface area contributed by atoms with E-state index in [1.54, 1.807) is 24.1 Å². The fraction of sp³-hybridized carbons (Fsp3) is 0.200. The van der Waals surface area contributed by atoms with Crippen molar-refractivity contribution in [2.75, 3.05) is 12.0 Å². The van der Waals surface area contributed by atoms with Gasteiger partial charge in [0.25, 0.3) is 5.91 Å². The number of urea groups is 1. The molecule has 0 aliphatic carbocycles. The Hall–Kier alpha value is -3.60. The SMILES string of the molecule is COc1ccc(C(C)N2C(=O)N(c3ccccc3)C(=O)C2Cc2ccccc2)cc1. The Morgan fingerprint density at radius 3 is 2.07 bits per heavy atom. The number of carbonyl (C=O) groups is 2. The first-order chi connectivity index (χ1) is 14.6. The predicted octanol–water partition coefficient (Wildman–Crippen LogP) is 4.84. The van der Waals surface area contributed by atoms with Crippen LogP contribution in [-0.4, -0.2) is 30.0 Å². The zero-order chi connectivity index (χ0) is 21.1. The number of anilines is 1. The van der Waals surface area contributed by atoms with Gasteiger partial charge in [-0.05, 0) is 42.3 Å². The molecule has 1 fully saturated rings. The molecule has 0 aromatic heterocycles. The van der Waals surface area contributed by atoms with E-state index in [-0.39, 0.29) is 18.0 Å². The summed E-state index contributed by atoms with van der Waals surface area (Å²) in [5, 5.41) is 0. The van der Waals surface area contributed by atoms with E-state index in [0.717, 1.165) is 16.9 Å². The number of nitrogens with zero attached hydrogens (tertiary/aromatic N) is 2. The summed E-state index contributed by atoms with van der Waals surface area (Å²) in [6, 6.07) is 25.4. The lowest BCUT2D eigenvalue weighted by Crippen LogP contribution is -2.38. The highest BCUT2D eigenvalue weighted by Crippen LogP contribution is 2.34. The summed E-state index contributed by atoms with van der Waals surface area (Å²) < 4.78 is 5.24. The normalized spacial score (nSPS) is 17.3. The fourth-order valence-corrected chi connectivity index (χ4v) is 3.93. The number of methoxy groups -OCH3 is 1. The molecule has 0 N–H and O–H groups in total. The Bertz CT molecular complexity index is 1020. The van der Waals surface area contributed by atoms with Crippen LogP contribution in [0, 0.1) is 0 Å². The highest BCUT2D eigenvalue weighted by molar-refractivity contribution is 6.21. The van der Waals surface area contributed by atoms with Crippen molar-refractivity contribution < 1.29 is 14.3 Å². The van der Waals surface area contributed by atoms with Crippen LogP contribution >= 0.6 is 0 Å². The summed E-state index contributed by atoms with van der Waals surface area (Å²) in [6.45, 7) is 1.96. The monoisotopic (exact) mass is 400 g/mol. The summed E-state index contributed by atoms with van der Waals surface area (Å²) in [4.78, 5) is 29.9. The Morgan fingerprint density at radius 2 is 1.47 bits per heavy atom. The molecule has 0 bridgehead atoms. The van der Waals surface area contributed by atoms with Gasteiger partial charge in [-0.1, -0.05) is 60.7 Å². The highest BCUT2D eigenvalue weighted by atomic mass is 16.5. The lowest BCUT2D eigenvalue weighted by molar-refractivity contribution is -0.120. The minimum absolute atomic E-state index is 0.199. The molecule has 2 atom stereocenters. The number of rotatable bonds is 6. The van der Waals surface area contributed by atoms with E-state index < -0.39 is 6.04 Å². The molecule has 0 saturated carbocycles. The van der Waals surface area contributed by atoms with Crippen molar-refractivity contribution in [1.82, 2.24) is 4.90 Å². The van der Waals surface area contributed by atoms with Gasteiger partial charge in [0.05, 0.1) is 18.8 Å². The number of hydrogen-bond acceptors (Lipinski definition) is 3. The van der Waals surface area contributed by atoms with Gasteiger partial charge in [-0.15, -0.1) is 0 Å². The second-order valence-corrected chi connectivity index (χ2v) is 7.35. The van der Waals surface area contributed by atoms with Gasteiger partial charge in [-0.2, -0.15) is 0 Å². The van der Waals surface area contributed by atoms with Crippen LogP contribution in [0.3, 0.4) is 0 Å². The molecule has 3 aromatic carbocycles. The molecule has 5 heteroatoms. The Balaban J connectivity index is 1.71. The lowest BCUT2D eigenvalue weighted by Gasteiger charge is -2.29. The smallest absolute Gasteiger partial charge is 0.332 e. The number of carbonyl (C=O) groups excluding carboxylic acids is 2. The van der Waals surface area contributed by atoms with Crippen LogP contribution in [0.2, 0.25) is 0 Å². The maximum absolute atomic E-state index is 13.5. The van der Waals surface area contributed by atoms with E-state index in [0.29, 0.717) is 12.1 Å². The molecule has 3 amide bonds. The minimum Gasteiger partial charge on any atom is -0.497 e. The van der Waals surface area contributed by atoms with Crippen molar-refractivity contribution in [3.05, 3.63) is 96.1 Å². The third kappa shape index (κ3) is 3.66. The first-order valence-electron chi connectivity index (χ1n) is 9.99. The van der Waals surface area contributed by atoms with Gasteiger partial charge in [0.15, 0.2) is 0 Å². The molecule has 0 radical (unpaired) electrons. The molecule has 152 valence electrons. The third-order valence-electron chi connectivity index (χ3n) is 5.56. The van der Waals surface area contributed by atoms with Crippen LogP contribution in [0.1, 0.15) is 24.1 Å². The average Bonchev–Trinajstić information content (AvgIpc) is 3.04. The quantitative estimate of drug-likeness (QED) is 0.557. The van der Waals surface area contributed by atoms with Crippen molar-refractivity contribution in [2.45, 2.75) is 25.4 Å². The van der Waals surface area contributed by atoms with Crippen LogP contribution in [0.25, 0.3) is 0 Å². The van der Waals surface area contributed by atoms with Crippen molar-refractivity contribution in [3.63, 3.8) is 0 Å². The van der Waals surface area contributed by atoms with Crippen molar-refractivity contribution in [2.24, 2.45) is 0 Å². The van der Waals surface area contributed by atoms with Gasteiger partial charge in [-0.25, -0.2) is 9.69 Å². The second kappa shape index (κ2) is 8.41. The summed E-state index contributed by atoms with van der Waals surface area (Å²) >= 11 is 0. The zero-order valence-corrected chi connectivity index (χ0v) is 17.1. The fourth-order valence-electron chi connectivity index (χ4n) is 3.93. The number of amides is 3. The summed E-state index contributed by atoms with van der Waals surface area (Å²) in [7, 11) is 1.62. The summed E-state index contributed by atoms with van der Waals surface area (Å²) in [5.74, 6) is 0.553. The van der Waals surface area contributed by atoms with E-state index in [2.05, 4.69) is 0 Å². The first-order valence-corrected chi connectivity index (χ1v) is 9.99. The van der Waals surface area contributed by atoms with Gasteiger partial charge in [0.1, 0.15) is 11.8 Å². The molecule has 0 spiro atoms. The largest absolute Gasteiger partial charge is 0.497 e. The van der Waals surface area contributed by atoms with E-state index in [1.165, 1.54) is 4.90 Å². The maximum atomic E-state index is 13.5. The first kappa shape index (κ1) is 19.7. The van der Waals surface area contributed by atoms with Crippen LogP contribution in [0.15, 0.2) is 84.9 Å². The van der Waals surface area contributed by atoms with Gasteiger partial charge in [0, 0.05) is 6.42 Å².